The molecule has 2 rings (SSSR count). The molecule has 94 valence electrons. The number of para-hydroxylation sites is 1. The predicted octanol–water partition coefficient (Wildman–Crippen LogP) is 4.08. The zero-order valence-electron chi connectivity index (χ0n) is 11.6. The molecule has 0 aliphatic carbocycles. The number of aliphatic imine (C=N–C) groups is 1. The van der Waals surface area contributed by atoms with Crippen molar-refractivity contribution in [1.82, 2.24) is 0 Å². The first-order valence-corrected chi connectivity index (χ1v) is 6.34. The fourth-order valence-electron chi connectivity index (χ4n) is 1.98. The molecule has 0 fully saturated rings. The average molecular weight is 233 g/mol. The largest absolute Gasteiger partial charge is 0.496 e. The zero-order valence-corrected chi connectivity index (χ0v) is 11.6. The summed E-state index contributed by atoms with van der Waals surface area (Å²) < 4.78 is 5.35. The van der Waals surface area contributed by atoms with Crippen LogP contribution in [-0.2, 0) is 0 Å². The average Bonchev–Trinajstić information content (AvgIpc) is 2.72. The molecule has 1 aromatic rings. The summed E-state index contributed by atoms with van der Waals surface area (Å²) in [6.45, 7) is 8.35. The van der Waals surface area contributed by atoms with Gasteiger partial charge in [-0.25, -0.2) is 0 Å². The summed E-state index contributed by atoms with van der Waals surface area (Å²) in [5.41, 5.74) is 2.42. The maximum atomic E-state index is 5.35. The molecule has 0 N–H and O–H groups in total. The molecule has 0 saturated heterocycles. The highest BCUT2D eigenvalue weighted by molar-refractivity contribution is 6.04. The van der Waals surface area contributed by atoms with E-state index < -0.39 is 0 Å². The first kappa shape index (κ1) is 13.8. The van der Waals surface area contributed by atoms with Gasteiger partial charge in [-0.05, 0) is 38.8 Å². The lowest BCUT2D eigenvalue weighted by Crippen LogP contribution is -2.10. The van der Waals surface area contributed by atoms with Crippen LogP contribution in [0.25, 0.3) is 0 Å². The van der Waals surface area contributed by atoms with E-state index in [0.29, 0.717) is 0 Å². The number of methoxy groups -OCH3 is 1. The minimum Gasteiger partial charge on any atom is -0.496 e. The Hall–Kier alpha value is -1.31. The third-order valence-corrected chi connectivity index (χ3v) is 2.83. The van der Waals surface area contributed by atoms with Crippen molar-refractivity contribution in [2.24, 2.45) is 4.99 Å². The SMILES string of the molecule is CC.COc1ccccc1C1=NC(C)(C)CC1. The topological polar surface area (TPSA) is 21.6 Å². The van der Waals surface area contributed by atoms with Crippen molar-refractivity contribution in [3.8, 4) is 5.75 Å². The van der Waals surface area contributed by atoms with Gasteiger partial charge in [0.05, 0.1) is 12.6 Å². The minimum absolute atomic E-state index is 0.0934. The highest BCUT2D eigenvalue weighted by Crippen LogP contribution is 2.30. The number of benzene rings is 1. The Labute approximate surface area is 105 Å². The van der Waals surface area contributed by atoms with Gasteiger partial charge in [0.15, 0.2) is 0 Å². The third-order valence-electron chi connectivity index (χ3n) is 2.83. The summed E-state index contributed by atoms with van der Waals surface area (Å²) in [6, 6.07) is 8.09. The number of rotatable bonds is 2. The van der Waals surface area contributed by atoms with Crippen molar-refractivity contribution in [2.75, 3.05) is 7.11 Å². The molecular formula is C15H23NO. The van der Waals surface area contributed by atoms with E-state index in [9.17, 15) is 0 Å². The number of ether oxygens (including phenoxy) is 1. The van der Waals surface area contributed by atoms with E-state index in [-0.39, 0.29) is 5.54 Å². The molecule has 0 amide bonds. The second-order valence-corrected chi connectivity index (χ2v) is 4.57. The van der Waals surface area contributed by atoms with Gasteiger partial charge in [0.1, 0.15) is 5.75 Å². The van der Waals surface area contributed by atoms with E-state index in [0.717, 1.165) is 24.2 Å². The lowest BCUT2D eigenvalue weighted by atomic mass is 10.0. The fraction of sp³-hybridized carbons (Fsp3) is 0.533. The Balaban J connectivity index is 0.000000686. The lowest BCUT2D eigenvalue weighted by molar-refractivity contribution is 0.414. The Kier molecular flexibility index (Phi) is 4.73. The standard InChI is InChI=1S/C13H17NO.C2H6/c1-13(2)9-8-11(14-13)10-6-4-5-7-12(10)15-3;1-2/h4-7H,8-9H2,1-3H3;1-2H3. The van der Waals surface area contributed by atoms with E-state index in [4.69, 9.17) is 9.73 Å². The van der Waals surface area contributed by atoms with Crippen LogP contribution in [0.15, 0.2) is 29.3 Å². The van der Waals surface area contributed by atoms with Crippen LogP contribution in [-0.4, -0.2) is 18.4 Å². The zero-order chi connectivity index (χ0) is 12.9. The minimum atomic E-state index is 0.0934. The number of hydrogen-bond acceptors (Lipinski definition) is 2. The molecule has 0 bridgehead atoms. The van der Waals surface area contributed by atoms with Gasteiger partial charge in [-0.2, -0.15) is 0 Å². The van der Waals surface area contributed by atoms with Gasteiger partial charge >= 0.3 is 0 Å². The Morgan fingerprint density at radius 3 is 2.35 bits per heavy atom. The van der Waals surface area contributed by atoms with Crippen LogP contribution >= 0.6 is 0 Å². The molecular weight excluding hydrogens is 210 g/mol. The maximum Gasteiger partial charge on any atom is 0.127 e. The van der Waals surface area contributed by atoms with Crippen LogP contribution in [0.3, 0.4) is 0 Å². The van der Waals surface area contributed by atoms with Crippen LogP contribution in [0, 0.1) is 0 Å². The van der Waals surface area contributed by atoms with Gasteiger partial charge < -0.3 is 4.74 Å². The summed E-state index contributed by atoms with van der Waals surface area (Å²) >= 11 is 0. The maximum absolute atomic E-state index is 5.35. The Morgan fingerprint density at radius 1 is 1.18 bits per heavy atom. The highest BCUT2D eigenvalue weighted by atomic mass is 16.5. The van der Waals surface area contributed by atoms with Gasteiger partial charge in [-0.15, -0.1) is 0 Å². The van der Waals surface area contributed by atoms with Crippen LogP contribution in [0.2, 0.25) is 0 Å². The molecule has 0 aromatic heterocycles. The number of nitrogens with zero attached hydrogens (tertiary/aromatic N) is 1. The Bertz CT molecular complexity index is 394. The van der Waals surface area contributed by atoms with Crippen molar-refractivity contribution in [3.05, 3.63) is 29.8 Å². The van der Waals surface area contributed by atoms with Crippen LogP contribution in [0.1, 0.15) is 46.1 Å². The third kappa shape index (κ3) is 3.32. The van der Waals surface area contributed by atoms with E-state index in [1.54, 1.807) is 7.11 Å². The van der Waals surface area contributed by atoms with Crippen molar-refractivity contribution in [3.63, 3.8) is 0 Å². The summed E-state index contributed by atoms with van der Waals surface area (Å²) in [4.78, 5) is 4.74. The molecule has 0 saturated carbocycles. The Morgan fingerprint density at radius 2 is 1.82 bits per heavy atom. The molecule has 0 spiro atoms. The van der Waals surface area contributed by atoms with E-state index in [2.05, 4.69) is 19.9 Å². The van der Waals surface area contributed by atoms with E-state index in [1.165, 1.54) is 5.71 Å². The molecule has 0 atom stereocenters. The molecule has 17 heavy (non-hydrogen) atoms. The van der Waals surface area contributed by atoms with E-state index >= 15 is 0 Å². The summed E-state index contributed by atoms with van der Waals surface area (Å²) in [6.07, 6.45) is 2.17. The van der Waals surface area contributed by atoms with Crippen molar-refractivity contribution in [2.45, 2.75) is 46.1 Å². The quantitative estimate of drug-likeness (QED) is 0.754. The predicted molar refractivity (Wildman–Crippen MR) is 74.2 cm³/mol. The molecule has 1 aliphatic heterocycles. The van der Waals surface area contributed by atoms with Gasteiger partial charge in [-0.1, -0.05) is 26.0 Å². The molecule has 1 aromatic carbocycles. The summed E-state index contributed by atoms with van der Waals surface area (Å²) in [7, 11) is 1.71. The smallest absolute Gasteiger partial charge is 0.127 e. The van der Waals surface area contributed by atoms with Gasteiger partial charge in [0.25, 0.3) is 0 Å². The highest BCUT2D eigenvalue weighted by Gasteiger charge is 2.26. The fourth-order valence-corrected chi connectivity index (χ4v) is 1.98. The van der Waals surface area contributed by atoms with E-state index in [1.807, 2.05) is 32.0 Å². The van der Waals surface area contributed by atoms with Gasteiger partial charge in [-0.3, -0.25) is 4.99 Å². The number of hydrogen-bond donors (Lipinski definition) is 0. The summed E-state index contributed by atoms with van der Waals surface area (Å²) in [5.74, 6) is 0.925. The first-order chi connectivity index (χ1) is 8.12. The molecule has 2 heteroatoms. The summed E-state index contributed by atoms with van der Waals surface area (Å²) in [5, 5.41) is 0. The van der Waals surface area contributed by atoms with Crippen molar-refractivity contribution in [1.29, 1.82) is 0 Å². The van der Waals surface area contributed by atoms with Crippen LogP contribution < -0.4 is 4.74 Å². The normalized spacial score (nSPS) is 16.9. The molecule has 0 radical (unpaired) electrons. The lowest BCUT2D eigenvalue weighted by Gasteiger charge is -2.11. The first-order valence-electron chi connectivity index (χ1n) is 6.34. The van der Waals surface area contributed by atoms with Gasteiger partial charge in [0.2, 0.25) is 0 Å². The second kappa shape index (κ2) is 5.85. The molecule has 0 unspecified atom stereocenters. The van der Waals surface area contributed by atoms with Crippen molar-refractivity contribution >= 4 is 5.71 Å². The van der Waals surface area contributed by atoms with Crippen LogP contribution in [0.4, 0.5) is 0 Å². The van der Waals surface area contributed by atoms with Crippen molar-refractivity contribution < 1.29 is 4.74 Å². The van der Waals surface area contributed by atoms with Gasteiger partial charge in [0, 0.05) is 11.3 Å². The van der Waals surface area contributed by atoms with Crippen LogP contribution in [0.5, 0.6) is 5.75 Å². The molecule has 2 nitrogen and oxygen atoms in total. The monoisotopic (exact) mass is 233 g/mol. The molecule has 1 aliphatic rings. The molecule has 1 heterocycles. The second-order valence-electron chi connectivity index (χ2n) is 4.57.